The molecule has 0 aliphatic rings. The molecule has 0 unspecified atom stereocenters. The molecule has 2 aromatic rings. The van der Waals surface area contributed by atoms with Crippen LogP contribution >= 0.6 is 0 Å². The topological polar surface area (TPSA) is 62.3 Å². The van der Waals surface area contributed by atoms with Crippen LogP contribution < -0.4 is 10.5 Å². The maximum absolute atomic E-state index is 6.13. The van der Waals surface area contributed by atoms with Crippen molar-refractivity contribution >= 4 is 5.82 Å². The first kappa shape index (κ1) is 14.4. The average Bonchev–Trinajstić information content (AvgIpc) is 2.73. The van der Waals surface area contributed by atoms with Gasteiger partial charge in [-0.25, -0.2) is 0 Å². The number of ether oxygens (including phenoxy) is 2. The Bertz CT molecular complexity index is 561. The minimum Gasteiger partial charge on any atom is -0.494 e. The van der Waals surface area contributed by atoms with Crippen molar-refractivity contribution < 1.29 is 9.47 Å². The third-order valence-corrected chi connectivity index (χ3v) is 3.16. The highest BCUT2D eigenvalue weighted by Crippen LogP contribution is 2.31. The summed E-state index contributed by atoms with van der Waals surface area (Å²) in [6.45, 7) is 3.25. The maximum atomic E-state index is 6.13. The number of nitrogen functional groups attached to an aromatic ring is 1. The quantitative estimate of drug-likeness (QED) is 0.878. The zero-order chi connectivity index (χ0) is 14.5. The third-order valence-electron chi connectivity index (χ3n) is 3.16. The fraction of sp³-hybridized carbons (Fsp3) is 0.400. The summed E-state index contributed by atoms with van der Waals surface area (Å²) in [7, 11) is 3.53. The summed E-state index contributed by atoms with van der Waals surface area (Å²) in [6, 6.07) is 7.92. The lowest BCUT2D eigenvalue weighted by molar-refractivity contribution is 0.201. The second-order valence-corrected chi connectivity index (χ2v) is 4.53. The first-order chi connectivity index (χ1) is 9.67. The highest BCUT2D eigenvalue weighted by molar-refractivity contribution is 5.77. The Balaban J connectivity index is 2.35. The van der Waals surface area contributed by atoms with Gasteiger partial charge < -0.3 is 15.2 Å². The van der Waals surface area contributed by atoms with Gasteiger partial charge in [0.1, 0.15) is 11.6 Å². The molecule has 2 rings (SSSR count). The molecule has 0 saturated heterocycles. The van der Waals surface area contributed by atoms with Crippen LogP contribution in [-0.2, 0) is 18.2 Å². The van der Waals surface area contributed by atoms with E-state index in [1.54, 1.807) is 11.8 Å². The van der Waals surface area contributed by atoms with Crippen LogP contribution in [0.4, 0.5) is 5.82 Å². The number of benzene rings is 1. The average molecular weight is 275 g/mol. The molecule has 1 aromatic heterocycles. The molecule has 1 heterocycles. The minimum atomic E-state index is 0.625. The molecular formula is C15H21N3O2. The van der Waals surface area contributed by atoms with Crippen LogP contribution in [0.1, 0.15) is 12.6 Å². The predicted octanol–water partition coefficient (Wildman–Crippen LogP) is 2.26. The van der Waals surface area contributed by atoms with Crippen LogP contribution in [0.15, 0.2) is 24.3 Å². The number of rotatable bonds is 6. The van der Waals surface area contributed by atoms with Crippen LogP contribution in [0, 0.1) is 0 Å². The van der Waals surface area contributed by atoms with Crippen molar-refractivity contribution in [3.8, 4) is 16.9 Å². The first-order valence-corrected chi connectivity index (χ1v) is 6.70. The van der Waals surface area contributed by atoms with E-state index < -0.39 is 0 Å². The number of hydrogen-bond donors (Lipinski definition) is 1. The lowest BCUT2D eigenvalue weighted by Gasteiger charge is -2.06. The summed E-state index contributed by atoms with van der Waals surface area (Å²) >= 11 is 0. The summed E-state index contributed by atoms with van der Waals surface area (Å²) in [5, 5.41) is 4.46. The molecule has 5 heteroatoms. The normalized spacial score (nSPS) is 10.8. The molecule has 5 nitrogen and oxygen atoms in total. The molecule has 0 aliphatic heterocycles. The smallest absolute Gasteiger partial charge is 0.129 e. The fourth-order valence-corrected chi connectivity index (χ4v) is 2.17. The van der Waals surface area contributed by atoms with Crippen molar-refractivity contribution in [1.82, 2.24) is 9.78 Å². The first-order valence-electron chi connectivity index (χ1n) is 6.70. The Morgan fingerprint density at radius 2 is 1.95 bits per heavy atom. The molecule has 0 bridgehead atoms. The van der Waals surface area contributed by atoms with E-state index in [1.165, 1.54) is 0 Å². The molecule has 108 valence electrons. The van der Waals surface area contributed by atoms with Crippen LogP contribution in [0.25, 0.3) is 11.1 Å². The summed E-state index contributed by atoms with van der Waals surface area (Å²) < 4.78 is 12.3. The van der Waals surface area contributed by atoms with Gasteiger partial charge in [0.05, 0.1) is 18.9 Å². The predicted molar refractivity (Wildman–Crippen MR) is 79.8 cm³/mol. The van der Waals surface area contributed by atoms with Crippen LogP contribution in [0.3, 0.4) is 0 Å². The number of hydrogen-bond acceptors (Lipinski definition) is 4. The second kappa shape index (κ2) is 6.43. The zero-order valence-corrected chi connectivity index (χ0v) is 12.2. The summed E-state index contributed by atoms with van der Waals surface area (Å²) in [4.78, 5) is 0. The van der Waals surface area contributed by atoms with Gasteiger partial charge in [-0.3, -0.25) is 4.68 Å². The molecule has 0 saturated carbocycles. The van der Waals surface area contributed by atoms with E-state index in [-0.39, 0.29) is 0 Å². The van der Waals surface area contributed by atoms with Gasteiger partial charge in [-0.1, -0.05) is 12.1 Å². The lowest BCUT2D eigenvalue weighted by Crippen LogP contribution is -1.98. The fourth-order valence-electron chi connectivity index (χ4n) is 2.17. The van der Waals surface area contributed by atoms with E-state index in [0.29, 0.717) is 19.0 Å². The van der Waals surface area contributed by atoms with Gasteiger partial charge in [0.15, 0.2) is 0 Å². The van der Waals surface area contributed by atoms with Crippen molar-refractivity contribution in [1.29, 1.82) is 0 Å². The summed E-state index contributed by atoms with van der Waals surface area (Å²) in [6.07, 6.45) is 0.740. The highest BCUT2D eigenvalue weighted by atomic mass is 16.5. The van der Waals surface area contributed by atoms with Crippen molar-refractivity contribution in [3.05, 3.63) is 30.0 Å². The minimum absolute atomic E-state index is 0.625. The molecule has 0 spiro atoms. The number of aromatic nitrogens is 2. The van der Waals surface area contributed by atoms with E-state index in [4.69, 9.17) is 15.2 Å². The standard InChI is InChI=1S/C15H21N3O2/c1-4-20-12-7-5-11(6-8-12)14-13(9-10-19-3)17-18(2)15(14)16/h5-8H,4,9-10,16H2,1-3H3. The van der Waals surface area contributed by atoms with Crippen molar-refractivity contribution in [2.45, 2.75) is 13.3 Å². The molecule has 0 amide bonds. The van der Waals surface area contributed by atoms with E-state index >= 15 is 0 Å². The molecule has 0 radical (unpaired) electrons. The van der Waals surface area contributed by atoms with Gasteiger partial charge in [-0.05, 0) is 24.6 Å². The van der Waals surface area contributed by atoms with Crippen molar-refractivity contribution in [2.24, 2.45) is 7.05 Å². The molecule has 20 heavy (non-hydrogen) atoms. The lowest BCUT2D eigenvalue weighted by atomic mass is 10.0. The largest absolute Gasteiger partial charge is 0.494 e. The molecular weight excluding hydrogens is 254 g/mol. The van der Waals surface area contributed by atoms with Crippen molar-refractivity contribution in [2.75, 3.05) is 26.1 Å². The van der Waals surface area contributed by atoms with Gasteiger partial charge >= 0.3 is 0 Å². The zero-order valence-electron chi connectivity index (χ0n) is 12.2. The summed E-state index contributed by atoms with van der Waals surface area (Å²) in [5.41, 5.74) is 9.11. The Morgan fingerprint density at radius 1 is 1.25 bits per heavy atom. The third kappa shape index (κ3) is 2.93. The van der Waals surface area contributed by atoms with Crippen LogP contribution in [0.2, 0.25) is 0 Å². The molecule has 0 fully saturated rings. The van der Waals surface area contributed by atoms with Gasteiger partial charge in [0.2, 0.25) is 0 Å². The summed E-state index contributed by atoms with van der Waals surface area (Å²) in [5.74, 6) is 1.53. The Hall–Kier alpha value is -2.01. The SMILES string of the molecule is CCOc1ccc(-c2c(CCOC)nn(C)c2N)cc1. The number of nitrogens with two attached hydrogens (primary N) is 1. The van der Waals surface area contributed by atoms with Gasteiger partial charge in [-0.2, -0.15) is 5.10 Å². The highest BCUT2D eigenvalue weighted by Gasteiger charge is 2.15. The number of aryl methyl sites for hydroxylation is 1. The van der Waals surface area contributed by atoms with E-state index in [0.717, 1.165) is 29.0 Å². The number of anilines is 1. The monoisotopic (exact) mass is 275 g/mol. The Morgan fingerprint density at radius 3 is 2.55 bits per heavy atom. The molecule has 0 aliphatic carbocycles. The van der Waals surface area contributed by atoms with Gasteiger partial charge in [0, 0.05) is 26.1 Å². The Labute approximate surface area is 119 Å². The van der Waals surface area contributed by atoms with Crippen LogP contribution in [-0.4, -0.2) is 30.1 Å². The Kier molecular flexibility index (Phi) is 4.63. The molecule has 0 atom stereocenters. The van der Waals surface area contributed by atoms with Gasteiger partial charge in [0.25, 0.3) is 0 Å². The van der Waals surface area contributed by atoms with E-state index in [1.807, 2.05) is 38.2 Å². The number of methoxy groups -OCH3 is 1. The van der Waals surface area contributed by atoms with Crippen molar-refractivity contribution in [3.63, 3.8) is 0 Å². The molecule has 2 N–H and O–H groups in total. The van der Waals surface area contributed by atoms with Gasteiger partial charge in [-0.15, -0.1) is 0 Å². The number of nitrogens with zero attached hydrogens (tertiary/aromatic N) is 2. The maximum Gasteiger partial charge on any atom is 0.129 e. The van der Waals surface area contributed by atoms with Crippen LogP contribution in [0.5, 0.6) is 5.75 Å². The van der Waals surface area contributed by atoms with E-state index in [2.05, 4.69) is 5.10 Å². The van der Waals surface area contributed by atoms with E-state index in [9.17, 15) is 0 Å². The molecule has 1 aromatic carbocycles. The second-order valence-electron chi connectivity index (χ2n) is 4.53.